The Bertz CT molecular complexity index is 416. The van der Waals surface area contributed by atoms with E-state index < -0.39 is 0 Å². The van der Waals surface area contributed by atoms with Crippen molar-refractivity contribution in [1.82, 2.24) is 10.2 Å². The van der Waals surface area contributed by atoms with Crippen LogP contribution in [0.15, 0.2) is 11.4 Å². The molecule has 0 amide bonds. The molecule has 2 aliphatic rings. The van der Waals surface area contributed by atoms with E-state index >= 15 is 0 Å². The first kappa shape index (κ1) is 13.6. The molecule has 0 spiro atoms. The van der Waals surface area contributed by atoms with Crippen LogP contribution in [0.5, 0.6) is 0 Å². The average molecular weight is 280 g/mol. The lowest BCUT2D eigenvalue weighted by molar-refractivity contribution is 0.0600. The lowest BCUT2D eigenvalue weighted by atomic mass is 9.99. The van der Waals surface area contributed by atoms with Crippen molar-refractivity contribution in [2.45, 2.75) is 44.3 Å². The van der Waals surface area contributed by atoms with Gasteiger partial charge in [-0.05, 0) is 43.2 Å². The molecule has 4 heteroatoms. The molecule has 106 valence electrons. The summed E-state index contributed by atoms with van der Waals surface area (Å²) in [5.74, 6) is 0. The molecule has 1 saturated carbocycles. The Morgan fingerprint density at radius 2 is 2.37 bits per heavy atom. The van der Waals surface area contributed by atoms with E-state index in [1.807, 2.05) is 18.4 Å². The minimum absolute atomic E-state index is 0.494. The molecule has 1 fully saturated rings. The summed E-state index contributed by atoms with van der Waals surface area (Å²) in [5.41, 5.74) is 1.53. The SMILES string of the molecule is COCC(CNC1CC1)N1CCc2sccc2C1C. The third-order valence-corrected chi connectivity index (χ3v) is 5.37. The molecule has 3 nitrogen and oxygen atoms in total. The highest BCUT2D eigenvalue weighted by Gasteiger charge is 2.31. The van der Waals surface area contributed by atoms with Crippen LogP contribution in [0.2, 0.25) is 0 Å². The molecular weight excluding hydrogens is 256 g/mol. The van der Waals surface area contributed by atoms with Crippen molar-refractivity contribution in [3.63, 3.8) is 0 Å². The normalized spacial score (nSPS) is 25.3. The summed E-state index contributed by atoms with van der Waals surface area (Å²) in [7, 11) is 1.81. The maximum absolute atomic E-state index is 5.45. The van der Waals surface area contributed by atoms with E-state index in [4.69, 9.17) is 4.74 Å². The predicted molar refractivity (Wildman–Crippen MR) is 79.8 cm³/mol. The number of methoxy groups -OCH3 is 1. The lowest BCUT2D eigenvalue weighted by Crippen LogP contribution is -2.49. The van der Waals surface area contributed by atoms with Crippen LogP contribution < -0.4 is 5.32 Å². The Morgan fingerprint density at radius 1 is 1.53 bits per heavy atom. The summed E-state index contributed by atoms with van der Waals surface area (Å²) < 4.78 is 5.45. The molecule has 0 radical (unpaired) electrons. The molecule has 0 aromatic carbocycles. The van der Waals surface area contributed by atoms with Crippen LogP contribution in [-0.2, 0) is 11.2 Å². The first-order valence-corrected chi connectivity index (χ1v) is 8.22. The quantitative estimate of drug-likeness (QED) is 0.866. The molecule has 2 heterocycles. The summed E-state index contributed by atoms with van der Waals surface area (Å²) in [4.78, 5) is 4.20. The molecule has 1 aliphatic heterocycles. The summed E-state index contributed by atoms with van der Waals surface area (Å²) >= 11 is 1.91. The molecular formula is C15H24N2OS. The van der Waals surface area contributed by atoms with Gasteiger partial charge in [0.25, 0.3) is 0 Å². The van der Waals surface area contributed by atoms with E-state index in [0.717, 1.165) is 25.7 Å². The van der Waals surface area contributed by atoms with Gasteiger partial charge in [-0.15, -0.1) is 11.3 Å². The highest BCUT2D eigenvalue weighted by Crippen LogP contribution is 2.34. The van der Waals surface area contributed by atoms with Crippen LogP contribution >= 0.6 is 11.3 Å². The van der Waals surface area contributed by atoms with Gasteiger partial charge in [0.2, 0.25) is 0 Å². The van der Waals surface area contributed by atoms with E-state index in [-0.39, 0.29) is 0 Å². The number of nitrogens with one attached hydrogen (secondary N) is 1. The van der Waals surface area contributed by atoms with Gasteiger partial charge in [0.15, 0.2) is 0 Å². The highest BCUT2D eigenvalue weighted by molar-refractivity contribution is 7.10. The van der Waals surface area contributed by atoms with Crippen LogP contribution in [0.1, 0.15) is 36.2 Å². The fourth-order valence-corrected chi connectivity index (χ4v) is 4.04. The fraction of sp³-hybridized carbons (Fsp3) is 0.733. The van der Waals surface area contributed by atoms with Gasteiger partial charge >= 0.3 is 0 Å². The van der Waals surface area contributed by atoms with Crippen LogP contribution in [0.4, 0.5) is 0 Å². The zero-order chi connectivity index (χ0) is 13.2. The van der Waals surface area contributed by atoms with Gasteiger partial charge in [0.1, 0.15) is 0 Å². The van der Waals surface area contributed by atoms with Gasteiger partial charge in [0.05, 0.1) is 6.61 Å². The van der Waals surface area contributed by atoms with E-state index in [1.54, 1.807) is 4.88 Å². The Labute approximate surface area is 119 Å². The van der Waals surface area contributed by atoms with Crippen LogP contribution in [0.3, 0.4) is 0 Å². The number of nitrogens with zero attached hydrogens (tertiary/aromatic N) is 1. The first-order chi connectivity index (χ1) is 9.29. The Hall–Kier alpha value is -0.420. The number of fused-ring (bicyclic) bond motifs is 1. The molecule has 0 saturated heterocycles. The minimum atomic E-state index is 0.494. The second-order valence-electron chi connectivity index (χ2n) is 5.75. The average Bonchev–Trinajstić information content (AvgIpc) is 3.11. The number of thiophene rings is 1. The second-order valence-corrected chi connectivity index (χ2v) is 6.76. The maximum atomic E-state index is 5.45. The molecule has 19 heavy (non-hydrogen) atoms. The van der Waals surface area contributed by atoms with Gasteiger partial charge in [0, 0.05) is 43.2 Å². The van der Waals surface area contributed by atoms with Crippen LogP contribution in [0.25, 0.3) is 0 Å². The van der Waals surface area contributed by atoms with Gasteiger partial charge < -0.3 is 10.1 Å². The zero-order valence-electron chi connectivity index (χ0n) is 11.9. The third kappa shape index (κ3) is 3.02. The van der Waals surface area contributed by atoms with Gasteiger partial charge in [-0.1, -0.05) is 0 Å². The zero-order valence-corrected chi connectivity index (χ0v) is 12.7. The molecule has 2 unspecified atom stereocenters. The lowest BCUT2D eigenvalue weighted by Gasteiger charge is -2.39. The van der Waals surface area contributed by atoms with Crippen molar-refractivity contribution in [3.8, 4) is 0 Å². The minimum Gasteiger partial charge on any atom is -0.383 e. The molecule has 1 aliphatic carbocycles. The molecule has 3 rings (SSSR count). The Balaban J connectivity index is 1.67. The van der Waals surface area contributed by atoms with Crippen molar-refractivity contribution >= 4 is 11.3 Å². The molecule has 1 N–H and O–H groups in total. The van der Waals surface area contributed by atoms with Crippen LogP contribution in [-0.4, -0.2) is 43.8 Å². The summed E-state index contributed by atoms with van der Waals surface area (Å²) in [6.07, 6.45) is 3.90. The van der Waals surface area contributed by atoms with E-state index in [2.05, 4.69) is 28.6 Å². The van der Waals surface area contributed by atoms with Crippen LogP contribution in [0, 0.1) is 0 Å². The van der Waals surface area contributed by atoms with E-state index in [0.29, 0.717) is 12.1 Å². The van der Waals surface area contributed by atoms with Crippen molar-refractivity contribution < 1.29 is 4.74 Å². The topological polar surface area (TPSA) is 24.5 Å². The summed E-state index contributed by atoms with van der Waals surface area (Å²) in [6.45, 7) is 5.38. The second kappa shape index (κ2) is 5.92. The Morgan fingerprint density at radius 3 is 3.11 bits per heavy atom. The van der Waals surface area contributed by atoms with Crippen molar-refractivity contribution in [3.05, 3.63) is 21.9 Å². The van der Waals surface area contributed by atoms with E-state index in [9.17, 15) is 0 Å². The predicted octanol–water partition coefficient (Wildman–Crippen LogP) is 2.43. The van der Waals surface area contributed by atoms with Gasteiger partial charge in [-0.3, -0.25) is 4.90 Å². The van der Waals surface area contributed by atoms with Gasteiger partial charge in [-0.25, -0.2) is 0 Å². The van der Waals surface area contributed by atoms with E-state index in [1.165, 1.54) is 24.8 Å². The molecule has 1 aromatic heterocycles. The first-order valence-electron chi connectivity index (χ1n) is 7.34. The summed E-state index contributed by atoms with van der Waals surface area (Å²) in [6, 6.07) is 4.09. The van der Waals surface area contributed by atoms with Gasteiger partial charge in [-0.2, -0.15) is 0 Å². The monoisotopic (exact) mass is 280 g/mol. The molecule has 2 atom stereocenters. The smallest absolute Gasteiger partial charge is 0.0630 e. The molecule has 1 aromatic rings. The largest absolute Gasteiger partial charge is 0.383 e. The highest BCUT2D eigenvalue weighted by atomic mass is 32.1. The van der Waals surface area contributed by atoms with Crippen molar-refractivity contribution in [1.29, 1.82) is 0 Å². The van der Waals surface area contributed by atoms with Crippen molar-refractivity contribution in [2.24, 2.45) is 0 Å². The number of ether oxygens (including phenoxy) is 1. The third-order valence-electron chi connectivity index (χ3n) is 4.37. The maximum Gasteiger partial charge on any atom is 0.0630 e. The summed E-state index contributed by atoms with van der Waals surface area (Å²) in [5, 5.41) is 5.89. The van der Waals surface area contributed by atoms with Crippen molar-refractivity contribution in [2.75, 3.05) is 26.8 Å². The standard InChI is InChI=1S/C15H24N2OS/c1-11-14-6-8-19-15(14)5-7-17(11)13(10-18-2)9-16-12-3-4-12/h6,8,11-13,16H,3-5,7,9-10H2,1-2H3. The number of rotatable bonds is 6. The molecule has 0 bridgehead atoms. The number of hydrogen-bond donors (Lipinski definition) is 1. The number of hydrogen-bond acceptors (Lipinski definition) is 4. The fourth-order valence-electron chi connectivity index (χ4n) is 3.08. The Kier molecular flexibility index (Phi) is 4.22.